The highest BCUT2D eigenvalue weighted by Gasteiger charge is 1.87. The molecule has 1 aromatic carbocycles. The van der Waals surface area contributed by atoms with Gasteiger partial charge in [0.15, 0.2) is 0 Å². The van der Waals surface area contributed by atoms with Crippen molar-refractivity contribution in [3.63, 3.8) is 0 Å². The maximum Gasteiger partial charge on any atom is 0.0485 e. The van der Waals surface area contributed by atoms with Gasteiger partial charge in [-0.15, -0.1) is 0 Å². The number of anilines is 1. The van der Waals surface area contributed by atoms with Gasteiger partial charge in [0.05, 0.1) is 0 Å². The Bertz CT molecular complexity index is 267. The highest BCUT2D eigenvalue weighted by Crippen LogP contribution is 2.09. The third-order valence-corrected chi connectivity index (χ3v) is 1.68. The summed E-state index contributed by atoms with van der Waals surface area (Å²) in [5, 5.41) is 8.55. The molecule has 0 spiro atoms. The average Bonchev–Trinajstić information content (AvgIpc) is 2.19. The Balaban J connectivity index is 2.58. The number of nitrogens with two attached hydrogens (primary N) is 1. The number of rotatable bonds is 4. The topological polar surface area (TPSA) is 58.3 Å². The fourth-order valence-electron chi connectivity index (χ4n) is 0.984. The minimum atomic E-state index is 0.193. The van der Waals surface area contributed by atoms with Gasteiger partial charge >= 0.3 is 0 Å². The van der Waals surface area contributed by atoms with Crippen LogP contribution < -0.4 is 11.3 Å². The third kappa shape index (κ3) is 3.27. The molecule has 0 heterocycles. The standard InChI is InChI=1S/C10H14N2O/c11-12-10-6-4-9(5-7-10)3-1-2-8-13/h1,3-7,12-13H,2,8,11H2. The van der Waals surface area contributed by atoms with Gasteiger partial charge in [-0.1, -0.05) is 24.3 Å². The fourth-order valence-corrected chi connectivity index (χ4v) is 0.984. The van der Waals surface area contributed by atoms with Gasteiger partial charge in [0.1, 0.15) is 0 Å². The zero-order valence-corrected chi connectivity index (χ0v) is 7.40. The molecule has 0 aliphatic heterocycles. The molecule has 4 N–H and O–H groups in total. The molecule has 13 heavy (non-hydrogen) atoms. The molecule has 1 aromatic rings. The first kappa shape index (κ1) is 9.77. The van der Waals surface area contributed by atoms with E-state index >= 15 is 0 Å². The lowest BCUT2D eigenvalue weighted by atomic mass is 10.2. The summed E-state index contributed by atoms with van der Waals surface area (Å²) in [6.07, 6.45) is 4.60. The lowest BCUT2D eigenvalue weighted by Gasteiger charge is -1.98. The number of hydrazine groups is 1. The summed E-state index contributed by atoms with van der Waals surface area (Å²) in [4.78, 5) is 0. The van der Waals surface area contributed by atoms with Crippen molar-refractivity contribution in [1.29, 1.82) is 0 Å². The Morgan fingerprint density at radius 1 is 1.31 bits per heavy atom. The molecule has 0 saturated heterocycles. The average molecular weight is 178 g/mol. The van der Waals surface area contributed by atoms with Crippen LogP contribution in [0.1, 0.15) is 12.0 Å². The molecule has 0 saturated carbocycles. The van der Waals surface area contributed by atoms with Crippen molar-refractivity contribution in [2.24, 2.45) is 5.84 Å². The van der Waals surface area contributed by atoms with Crippen LogP contribution >= 0.6 is 0 Å². The largest absolute Gasteiger partial charge is 0.396 e. The van der Waals surface area contributed by atoms with Crippen molar-refractivity contribution >= 4 is 11.8 Å². The van der Waals surface area contributed by atoms with E-state index in [1.807, 2.05) is 36.4 Å². The van der Waals surface area contributed by atoms with Gasteiger partial charge in [0.25, 0.3) is 0 Å². The predicted octanol–water partition coefficient (Wildman–Crippen LogP) is 1.37. The van der Waals surface area contributed by atoms with E-state index in [0.717, 1.165) is 11.3 Å². The number of hydrogen-bond acceptors (Lipinski definition) is 3. The van der Waals surface area contributed by atoms with Crippen LogP contribution in [0.25, 0.3) is 6.08 Å². The van der Waals surface area contributed by atoms with E-state index in [2.05, 4.69) is 5.43 Å². The van der Waals surface area contributed by atoms with Crippen molar-refractivity contribution < 1.29 is 5.11 Å². The first-order chi connectivity index (χ1) is 6.36. The van der Waals surface area contributed by atoms with Crippen LogP contribution in [0, 0.1) is 0 Å². The smallest absolute Gasteiger partial charge is 0.0485 e. The van der Waals surface area contributed by atoms with Gasteiger partial charge in [-0.05, 0) is 24.1 Å². The van der Waals surface area contributed by atoms with Crippen molar-refractivity contribution in [2.75, 3.05) is 12.0 Å². The summed E-state index contributed by atoms with van der Waals surface area (Å²) in [5.74, 6) is 5.22. The molecular weight excluding hydrogens is 164 g/mol. The first-order valence-corrected chi connectivity index (χ1v) is 4.21. The summed E-state index contributed by atoms with van der Waals surface area (Å²) < 4.78 is 0. The number of nitrogens with one attached hydrogen (secondary N) is 1. The van der Waals surface area contributed by atoms with Crippen LogP contribution in [-0.2, 0) is 0 Å². The van der Waals surface area contributed by atoms with E-state index in [0.29, 0.717) is 6.42 Å². The van der Waals surface area contributed by atoms with E-state index in [1.165, 1.54) is 0 Å². The van der Waals surface area contributed by atoms with Crippen LogP contribution in [0.3, 0.4) is 0 Å². The van der Waals surface area contributed by atoms with Crippen LogP contribution in [0.15, 0.2) is 30.3 Å². The van der Waals surface area contributed by atoms with Gasteiger partial charge in [0.2, 0.25) is 0 Å². The van der Waals surface area contributed by atoms with Crippen molar-refractivity contribution in [3.05, 3.63) is 35.9 Å². The second kappa shape index (κ2) is 5.35. The van der Waals surface area contributed by atoms with E-state index < -0.39 is 0 Å². The summed E-state index contributed by atoms with van der Waals surface area (Å²) in [5.41, 5.74) is 4.55. The molecule has 0 unspecified atom stereocenters. The number of aliphatic hydroxyl groups is 1. The molecule has 0 aromatic heterocycles. The van der Waals surface area contributed by atoms with E-state index in [4.69, 9.17) is 10.9 Å². The molecular formula is C10H14N2O. The van der Waals surface area contributed by atoms with E-state index in [-0.39, 0.29) is 6.61 Å². The Labute approximate surface area is 77.9 Å². The molecule has 3 heteroatoms. The summed E-state index contributed by atoms with van der Waals surface area (Å²) in [6, 6.07) is 7.73. The second-order valence-electron chi connectivity index (χ2n) is 2.68. The predicted molar refractivity (Wildman–Crippen MR) is 55.0 cm³/mol. The molecule has 0 fully saturated rings. The molecule has 0 bridgehead atoms. The SMILES string of the molecule is NNc1ccc(C=CCCO)cc1. The summed E-state index contributed by atoms with van der Waals surface area (Å²) in [7, 11) is 0. The maximum atomic E-state index is 8.55. The van der Waals surface area contributed by atoms with Gasteiger partial charge < -0.3 is 10.5 Å². The first-order valence-electron chi connectivity index (χ1n) is 4.21. The van der Waals surface area contributed by atoms with Gasteiger partial charge in [0, 0.05) is 12.3 Å². The molecule has 1 rings (SSSR count). The van der Waals surface area contributed by atoms with Gasteiger partial charge in [-0.3, -0.25) is 5.84 Å². The van der Waals surface area contributed by atoms with Crippen molar-refractivity contribution in [2.45, 2.75) is 6.42 Å². The normalized spacial score (nSPS) is 10.6. The highest BCUT2D eigenvalue weighted by molar-refractivity contribution is 5.54. The molecule has 0 aliphatic rings. The van der Waals surface area contributed by atoms with Crippen LogP contribution in [0.2, 0.25) is 0 Å². The van der Waals surface area contributed by atoms with Crippen LogP contribution in [0.4, 0.5) is 5.69 Å². The quantitative estimate of drug-likeness (QED) is 0.482. The van der Waals surface area contributed by atoms with Crippen LogP contribution in [0.5, 0.6) is 0 Å². The Hall–Kier alpha value is -1.32. The molecule has 70 valence electrons. The van der Waals surface area contributed by atoms with E-state index in [1.54, 1.807) is 0 Å². The number of hydrogen-bond donors (Lipinski definition) is 3. The Kier molecular flexibility index (Phi) is 4.02. The minimum Gasteiger partial charge on any atom is -0.396 e. The minimum absolute atomic E-state index is 0.193. The zero-order chi connectivity index (χ0) is 9.52. The van der Waals surface area contributed by atoms with Gasteiger partial charge in [-0.2, -0.15) is 0 Å². The molecule has 0 aliphatic carbocycles. The molecule has 0 atom stereocenters. The van der Waals surface area contributed by atoms with E-state index in [9.17, 15) is 0 Å². The Morgan fingerprint density at radius 2 is 2.00 bits per heavy atom. The fraction of sp³-hybridized carbons (Fsp3) is 0.200. The maximum absolute atomic E-state index is 8.55. The van der Waals surface area contributed by atoms with Gasteiger partial charge in [-0.25, -0.2) is 0 Å². The Morgan fingerprint density at radius 3 is 2.54 bits per heavy atom. The van der Waals surface area contributed by atoms with Crippen LogP contribution in [-0.4, -0.2) is 11.7 Å². The zero-order valence-electron chi connectivity index (χ0n) is 7.40. The monoisotopic (exact) mass is 178 g/mol. The van der Waals surface area contributed by atoms with Crippen molar-refractivity contribution in [1.82, 2.24) is 0 Å². The highest BCUT2D eigenvalue weighted by atomic mass is 16.2. The summed E-state index contributed by atoms with van der Waals surface area (Å²) in [6.45, 7) is 0.193. The number of nitrogen functional groups attached to an aromatic ring is 1. The molecule has 0 radical (unpaired) electrons. The molecule has 3 nitrogen and oxygen atoms in total. The number of aliphatic hydroxyl groups excluding tert-OH is 1. The third-order valence-electron chi connectivity index (χ3n) is 1.68. The number of benzene rings is 1. The lowest BCUT2D eigenvalue weighted by molar-refractivity contribution is 0.303. The van der Waals surface area contributed by atoms with Crippen molar-refractivity contribution in [3.8, 4) is 0 Å². The summed E-state index contributed by atoms with van der Waals surface area (Å²) >= 11 is 0. The second-order valence-corrected chi connectivity index (χ2v) is 2.68. The molecule has 0 amide bonds. The lowest BCUT2D eigenvalue weighted by Crippen LogP contribution is -2.05.